The normalized spacial score (nSPS) is 18.1. The molecule has 1 aromatic carbocycles. The molecule has 23 heavy (non-hydrogen) atoms. The van der Waals surface area contributed by atoms with E-state index >= 15 is 0 Å². The number of nitrogens with one attached hydrogen (secondary N) is 1. The van der Waals surface area contributed by atoms with Gasteiger partial charge in [0.2, 0.25) is 0 Å². The molecule has 0 saturated carbocycles. The molecule has 7 heteroatoms. The van der Waals surface area contributed by atoms with Crippen molar-refractivity contribution < 1.29 is 24.5 Å². The number of nitrogens with zero attached hydrogens (tertiary/aromatic N) is 1. The monoisotopic (exact) mass is 322 g/mol. The third-order valence-corrected chi connectivity index (χ3v) is 3.81. The summed E-state index contributed by atoms with van der Waals surface area (Å²) in [4.78, 5) is 24.0. The fraction of sp³-hybridized carbons (Fsp3) is 0.500. The Balaban J connectivity index is 1.93. The van der Waals surface area contributed by atoms with Crippen molar-refractivity contribution in [3.63, 3.8) is 0 Å². The molecule has 0 aromatic heterocycles. The number of aliphatic carboxylic acids is 1. The molecule has 0 saturated heterocycles. The Labute approximate surface area is 134 Å². The third-order valence-electron chi connectivity index (χ3n) is 3.81. The summed E-state index contributed by atoms with van der Waals surface area (Å²) in [6.45, 7) is 2.69. The summed E-state index contributed by atoms with van der Waals surface area (Å²) < 4.78 is 5.47. The minimum absolute atomic E-state index is 0.0764. The van der Waals surface area contributed by atoms with Gasteiger partial charge in [-0.15, -0.1) is 0 Å². The van der Waals surface area contributed by atoms with E-state index in [0.717, 1.165) is 0 Å². The van der Waals surface area contributed by atoms with Gasteiger partial charge in [0.25, 0.3) is 5.91 Å². The van der Waals surface area contributed by atoms with Crippen LogP contribution >= 0.6 is 0 Å². The second kappa shape index (κ2) is 7.43. The van der Waals surface area contributed by atoms with Crippen LogP contribution < -0.4 is 10.1 Å². The van der Waals surface area contributed by atoms with Gasteiger partial charge in [0.1, 0.15) is 5.75 Å². The molecule has 2 rings (SSSR count). The summed E-state index contributed by atoms with van der Waals surface area (Å²) in [5.41, 5.74) is 1.25. The van der Waals surface area contributed by atoms with Crippen molar-refractivity contribution in [3.05, 3.63) is 23.8 Å². The highest BCUT2D eigenvalue weighted by molar-refractivity contribution is 5.97. The highest BCUT2D eigenvalue weighted by atomic mass is 16.5. The number of amides is 1. The predicted molar refractivity (Wildman–Crippen MR) is 84.5 cm³/mol. The Morgan fingerprint density at radius 1 is 1.43 bits per heavy atom. The fourth-order valence-corrected chi connectivity index (χ4v) is 2.34. The topological polar surface area (TPSA) is 99.1 Å². The average molecular weight is 322 g/mol. The van der Waals surface area contributed by atoms with Crippen LogP contribution in [0.25, 0.3) is 0 Å². The summed E-state index contributed by atoms with van der Waals surface area (Å²) >= 11 is 0. The zero-order valence-corrected chi connectivity index (χ0v) is 13.3. The molecule has 2 atom stereocenters. The van der Waals surface area contributed by atoms with Crippen molar-refractivity contribution in [2.24, 2.45) is 0 Å². The second-order valence-electron chi connectivity index (χ2n) is 5.76. The molecular weight excluding hydrogens is 300 g/mol. The lowest BCUT2D eigenvalue weighted by Gasteiger charge is -2.24. The van der Waals surface area contributed by atoms with Crippen molar-refractivity contribution in [1.82, 2.24) is 4.90 Å². The number of carbonyl (C=O) groups excluding carboxylic acids is 1. The molecule has 1 aromatic rings. The van der Waals surface area contributed by atoms with Crippen LogP contribution in [0.15, 0.2) is 18.2 Å². The Hall–Kier alpha value is -2.12. The molecule has 0 aliphatic carbocycles. The van der Waals surface area contributed by atoms with Gasteiger partial charge < -0.3 is 25.2 Å². The molecule has 0 fully saturated rings. The number of aliphatic hydroxyl groups is 1. The molecule has 7 nitrogen and oxygen atoms in total. The van der Waals surface area contributed by atoms with Gasteiger partial charge >= 0.3 is 5.97 Å². The summed E-state index contributed by atoms with van der Waals surface area (Å²) in [6, 6.07) is 5.21. The number of carboxylic acid groups (broad SMARTS) is 1. The summed E-state index contributed by atoms with van der Waals surface area (Å²) in [5.74, 6) is -0.457. The van der Waals surface area contributed by atoms with Crippen LogP contribution in [0.3, 0.4) is 0 Å². The minimum atomic E-state index is -0.836. The number of benzene rings is 1. The minimum Gasteiger partial charge on any atom is -0.481 e. The molecule has 0 bridgehead atoms. The van der Waals surface area contributed by atoms with Gasteiger partial charge in [0.15, 0.2) is 6.10 Å². The molecular formula is C16H22N2O5. The number of carboxylic acids is 1. The number of aliphatic hydroxyl groups excluding tert-OH is 1. The molecule has 1 aliphatic heterocycles. The number of ether oxygens (including phenoxy) is 1. The maximum atomic E-state index is 11.6. The maximum absolute atomic E-state index is 11.6. The van der Waals surface area contributed by atoms with Gasteiger partial charge in [0, 0.05) is 13.1 Å². The summed E-state index contributed by atoms with van der Waals surface area (Å²) in [5, 5.41) is 21.7. The van der Waals surface area contributed by atoms with Crippen LogP contribution in [0, 0.1) is 0 Å². The first-order valence-electron chi connectivity index (χ1n) is 7.56. The zero-order chi connectivity index (χ0) is 17.0. The lowest BCUT2D eigenvalue weighted by molar-refractivity contribution is -0.137. The predicted octanol–water partition coefficient (Wildman–Crippen LogP) is 1.24. The molecule has 126 valence electrons. The fourth-order valence-electron chi connectivity index (χ4n) is 2.34. The standard InChI is InChI=1S/C16H22N2O5/c1-10-16(22)17-12-9-11(3-4-14(12)23-10)13(19)5-7-18(2)8-6-15(20)21/h3-4,9-10,13,19H,5-8H2,1-2H3,(H,17,22)(H,20,21). The van der Waals surface area contributed by atoms with E-state index in [4.69, 9.17) is 9.84 Å². The average Bonchev–Trinajstić information content (AvgIpc) is 2.51. The van der Waals surface area contributed by atoms with Crippen molar-refractivity contribution in [3.8, 4) is 5.75 Å². The quantitative estimate of drug-likeness (QED) is 0.698. The van der Waals surface area contributed by atoms with E-state index in [1.807, 2.05) is 11.9 Å². The smallest absolute Gasteiger partial charge is 0.304 e. The van der Waals surface area contributed by atoms with E-state index in [2.05, 4.69) is 5.32 Å². The van der Waals surface area contributed by atoms with Crippen molar-refractivity contribution in [1.29, 1.82) is 0 Å². The Bertz CT molecular complexity index is 590. The summed E-state index contributed by atoms with van der Waals surface area (Å²) in [6.07, 6.45) is -0.669. The molecule has 1 amide bonds. The van der Waals surface area contributed by atoms with Crippen LogP contribution in [0.4, 0.5) is 5.69 Å². The first-order chi connectivity index (χ1) is 10.9. The Morgan fingerprint density at radius 2 is 2.17 bits per heavy atom. The lowest BCUT2D eigenvalue weighted by Crippen LogP contribution is -2.34. The van der Waals surface area contributed by atoms with Gasteiger partial charge in [-0.3, -0.25) is 9.59 Å². The van der Waals surface area contributed by atoms with Crippen molar-refractivity contribution in [2.75, 3.05) is 25.5 Å². The van der Waals surface area contributed by atoms with E-state index in [0.29, 0.717) is 36.5 Å². The van der Waals surface area contributed by atoms with E-state index in [-0.39, 0.29) is 12.3 Å². The SMILES string of the molecule is CC1Oc2ccc(C(O)CCN(C)CCC(=O)O)cc2NC1=O. The molecule has 2 unspecified atom stereocenters. The first kappa shape index (κ1) is 17.2. The Morgan fingerprint density at radius 3 is 2.87 bits per heavy atom. The molecule has 0 spiro atoms. The van der Waals surface area contributed by atoms with E-state index < -0.39 is 18.2 Å². The number of anilines is 1. The molecule has 1 aliphatic rings. The number of carbonyl (C=O) groups is 2. The number of hydrogen-bond acceptors (Lipinski definition) is 5. The van der Waals surface area contributed by atoms with Gasteiger partial charge in [0.05, 0.1) is 18.2 Å². The lowest BCUT2D eigenvalue weighted by atomic mass is 10.0. The highest BCUT2D eigenvalue weighted by Crippen LogP contribution is 2.32. The van der Waals surface area contributed by atoms with Crippen LogP contribution in [0.5, 0.6) is 5.75 Å². The van der Waals surface area contributed by atoms with E-state index in [1.54, 1.807) is 25.1 Å². The zero-order valence-electron chi connectivity index (χ0n) is 13.3. The summed E-state index contributed by atoms with van der Waals surface area (Å²) in [7, 11) is 1.82. The largest absolute Gasteiger partial charge is 0.481 e. The van der Waals surface area contributed by atoms with E-state index in [9.17, 15) is 14.7 Å². The van der Waals surface area contributed by atoms with Crippen molar-refractivity contribution in [2.45, 2.75) is 32.0 Å². The number of rotatable bonds is 7. The highest BCUT2D eigenvalue weighted by Gasteiger charge is 2.24. The van der Waals surface area contributed by atoms with Gasteiger partial charge in [-0.2, -0.15) is 0 Å². The molecule has 0 radical (unpaired) electrons. The molecule has 3 N–H and O–H groups in total. The maximum Gasteiger partial charge on any atom is 0.304 e. The van der Waals surface area contributed by atoms with Crippen LogP contribution in [0.2, 0.25) is 0 Å². The van der Waals surface area contributed by atoms with Crippen molar-refractivity contribution >= 4 is 17.6 Å². The Kier molecular flexibility index (Phi) is 5.57. The first-order valence-corrected chi connectivity index (χ1v) is 7.56. The number of hydrogen-bond donors (Lipinski definition) is 3. The second-order valence-corrected chi connectivity index (χ2v) is 5.76. The molecule has 1 heterocycles. The van der Waals surface area contributed by atoms with E-state index in [1.165, 1.54) is 0 Å². The van der Waals surface area contributed by atoms with Gasteiger partial charge in [-0.1, -0.05) is 6.07 Å². The van der Waals surface area contributed by atoms with Crippen LogP contribution in [0.1, 0.15) is 31.4 Å². The van der Waals surface area contributed by atoms with Crippen LogP contribution in [-0.2, 0) is 9.59 Å². The van der Waals surface area contributed by atoms with Gasteiger partial charge in [-0.25, -0.2) is 0 Å². The van der Waals surface area contributed by atoms with Gasteiger partial charge in [-0.05, 0) is 38.1 Å². The van der Waals surface area contributed by atoms with Crippen LogP contribution in [-0.4, -0.2) is 53.2 Å². The third kappa shape index (κ3) is 4.67. The number of fused-ring (bicyclic) bond motifs is 1.